The van der Waals surface area contributed by atoms with Crippen molar-refractivity contribution in [3.63, 3.8) is 0 Å². The van der Waals surface area contributed by atoms with Crippen molar-refractivity contribution in [1.29, 1.82) is 0 Å². The van der Waals surface area contributed by atoms with Crippen LogP contribution in [0.4, 0.5) is 10.1 Å². The summed E-state index contributed by atoms with van der Waals surface area (Å²) in [5, 5.41) is 11.1. The number of carbonyl (C=O) groups excluding carboxylic acids is 1. The van der Waals surface area contributed by atoms with Crippen molar-refractivity contribution in [3.05, 3.63) is 28.5 Å². The second kappa shape index (κ2) is 4.44. The molecule has 0 aliphatic heterocycles. The molecule has 0 spiro atoms. The third kappa shape index (κ3) is 2.63. The summed E-state index contributed by atoms with van der Waals surface area (Å²) in [6, 6.07) is 4.26. The summed E-state index contributed by atoms with van der Waals surface area (Å²) >= 11 is 3.10. The van der Waals surface area contributed by atoms with Crippen LogP contribution in [0, 0.1) is 17.7 Å². The summed E-state index contributed by atoms with van der Waals surface area (Å²) in [5.74, 6) is -3.16. The molecule has 0 aromatic heterocycles. The van der Waals surface area contributed by atoms with Gasteiger partial charge in [0.1, 0.15) is 5.82 Å². The van der Waals surface area contributed by atoms with Crippen molar-refractivity contribution in [2.24, 2.45) is 11.8 Å². The number of benzene rings is 1. The zero-order chi connectivity index (χ0) is 12.6. The molecule has 6 heteroatoms. The molecule has 0 bridgehead atoms. The van der Waals surface area contributed by atoms with E-state index in [1.807, 2.05) is 0 Å². The summed E-state index contributed by atoms with van der Waals surface area (Å²) in [6.07, 6.45) is 0.319. The lowest BCUT2D eigenvalue weighted by molar-refractivity contribution is -0.139. The quantitative estimate of drug-likeness (QED) is 0.900. The highest BCUT2D eigenvalue weighted by molar-refractivity contribution is 9.10. The summed E-state index contributed by atoms with van der Waals surface area (Å²) in [7, 11) is 0. The minimum atomic E-state index is -0.985. The van der Waals surface area contributed by atoms with E-state index in [9.17, 15) is 14.0 Å². The maximum Gasteiger partial charge on any atom is 0.307 e. The van der Waals surface area contributed by atoms with Crippen LogP contribution in [0.15, 0.2) is 22.7 Å². The zero-order valence-electron chi connectivity index (χ0n) is 8.61. The Kier molecular flexibility index (Phi) is 3.15. The standard InChI is InChI=1S/C11H9BrFNO3/c12-5-1-2-9(8(13)3-5)14-10(15)6-4-7(6)11(16)17/h1-3,6-7H,4H2,(H,14,15)(H,16,17). The number of amides is 1. The van der Waals surface area contributed by atoms with Gasteiger partial charge in [-0.1, -0.05) is 15.9 Å². The first-order valence-corrected chi connectivity index (χ1v) is 5.77. The van der Waals surface area contributed by atoms with Crippen LogP contribution in [0.3, 0.4) is 0 Å². The van der Waals surface area contributed by atoms with E-state index in [-0.39, 0.29) is 5.69 Å². The van der Waals surface area contributed by atoms with Gasteiger partial charge in [-0.05, 0) is 24.6 Å². The average molecular weight is 302 g/mol. The van der Waals surface area contributed by atoms with E-state index in [4.69, 9.17) is 5.11 Å². The van der Waals surface area contributed by atoms with Gasteiger partial charge in [0.2, 0.25) is 5.91 Å². The Hall–Kier alpha value is -1.43. The number of halogens is 2. The normalized spacial score (nSPS) is 22.0. The second-order valence-corrected chi connectivity index (χ2v) is 4.82. The van der Waals surface area contributed by atoms with E-state index in [2.05, 4.69) is 21.2 Å². The molecule has 2 rings (SSSR count). The lowest BCUT2D eigenvalue weighted by Crippen LogP contribution is -2.17. The maximum absolute atomic E-state index is 13.4. The molecule has 17 heavy (non-hydrogen) atoms. The highest BCUT2D eigenvalue weighted by Gasteiger charge is 2.48. The molecule has 1 amide bonds. The molecule has 4 nitrogen and oxygen atoms in total. The van der Waals surface area contributed by atoms with Crippen LogP contribution in [-0.2, 0) is 9.59 Å². The lowest BCUT2D eigenvalue weighted by Gasteiger charge is -2.05. The van der Waals surface area contributed by atoms with Gasteiger partial charge in [0.15, 0.2) is 0 Å². The Morgan fingerprint density at radius 3 is 2.65 bits per heavy atom. The molecule has 2 atom stereocenters. The van der Waals surface area contributed by atoms with Crippen molar-refractivity contribution < 1.29 is 19.1 Å². The number of carbonyl (C=O) groups is 2. The van der Waals surface area contributed by atoms with Crippen molar-refractivity contribution in [1.82, 2.24) is 0 Å². The van der Waals surface area contributed by atoms with Gasteiger partial charge in [0.05, 0.1) is 17.5 Å². The highest BCUT2D eigenvalue weighted by Crippen LogP contribution is 2.39. The number of aliphatic carboxylic acids is 1. The van der Waals surface area contributed by atoms with E-state index in [1.165, 1.54) is 12.1 Å². The van der Waals surface area contributed by atoms with Crippen molar-refractivity contribution in [2.45, 2.75) is 6.42 Å². The van der Waals surface area contributed by atoms with Crippen LogP contribution >= 0.6 is 15.9 Å². The number of hydrogen-bond donors (Lipinski definition) is 2. The number of anilines is 1. The lowest BCUT2D eigenvalue weighted by atomic mass is 10.2. The second-order valence-electron chi connectivity index (χ2n) is 3.90. The summed E-state index contributed by atoms with van der Waals surface area (Å²) in [5.41, 5.74) is 0.0641. The molecule has 1 saturated carbocycles. The minimum Gasteiger partial charge on any atom is -0.481 e. The molecular weight excluding hydrogens is 293 g/mol. The minimum absolute atomic E-state index is 0.0641. The van der Waals surface area contributed by atoms with Crippen molar-refractivity contribution >= 4 is 33.5 Å². The monoisotopic (exact) mass is 301 g/mol. The summed E-state index contributed by atoms with van der Waals surface area (Å²) < 4.78 is 14.0. The van der Waals surface area contributed by atoms with Gasteiger partial charge in [-0.15, -0.1) is 0 Å². The molecular formula is C11H9BrFNO3. The zero-order valence-corrected chi connectivity index (χ0v) is 10.2. The summed E-state index contributed by atoms with van der Waals surface area (Å²) in [4.78, 5) is 22.2. The average Bonchev–Trinajstić information content (AvgIpc) is 3.01. The number of rotatable bonds is 3. The first kappa shape index (κ1) is 12.0. The van der Waals surface area contributed by atoms with Gasteiger partial charge in [-0.2, -0.15) is 0 Å². The van der Waals surface area contributed by atoms with Crippen molar-refractivity contribution in [2.75, 3.05) is 5.32 Å². The molecule has 2 unspecified atom stereocenters. The van der Waals surface area contributed by atoms with E-state index in [1.54, 1.807) is 6.07 Å². The van der Waals surface area contributed by atoms with Crippen LogP contribution in [0.1, 0.15) is 6.42 Å². The van der Waals surface area contributed by atoms with Crippen LogP contribution in [0.5, 0.6) is 0 Å². The van der Waals surface area contributed by atoms with Crippen LogP contribution in [0.25, 0.3) is 0 Å². The molecule has 1 aliphatic carbocycles. The predicted octanol–water partition coefficient (Wildman–Crippen LogP) is 2.25. The van der Waals surface area contributed by atoms with Gasteiger partial charge in [-0.25, -0.2) is 4.39 Å². The van der Waals surface area contributed by atoms with Gasteiger partial charge in [-0.3, -0.25) is 9.59 Å². The van der Waals surface area contributed by atoms with Gasteiger partial charge in [0, 0.05) is 4.47 Å². The van der Waals surface area contributed by atoms with Gasteiger partial charge < -0.3 is 10.4 Å². The van der Waals surface area contributed by atoms with E-state index in [0.29, 0.717) is 10.9 Å². The molecule has 0 heterocycles. The van der Waals surface area contributed by atoms with Crippen molar-refractivity contribution in [3.8, 4) is 0 Å². The Balaban J connectivity index is 2.02. The first-order valence-electron chi connectivity index (χ1n) is 4.98. The fourth-order valence-corrected chi connectivity index (χ4v) is 1.91. The molecule has 1 aromatic rings. The highest BCUT2D eigenvalue weighted by atomic mass is 79.9. The smallest absolute Gasteiger partial charge is 0.307 e. The molecule has 0 saturated heterocycles. The first-order chi connectivity index (χ1) is 7.99. The Bertz CT molecular complexity index is 492. The number of nitrogens with one attached hydrogen (secondary N) is 1. The number of carboxylic acid groups (broad SMARTS) is 1. The molecule has 2 N–H and O–H groups in total. The fourth-order valence-electron chi connectivity index (χ4n) is 1.57. The van der Waals surface area contributed by atoms with E-state index >= 15 is 0 Å². The largest absolute Gasteiger partial charge is 0.481 e. The fraction of sp³-hybridized carbons (Fsp3) is 0.273. The van der Waals surface area contributed by atoms with E-state index < -0.39 is 29.5 Å². The van der Waals surface area contributed by atoms with Crippen LogP contribution in [0.2, 0.25) is 0 Å². The van der Waals surface area contributed by atoms with Gasteiger partial charge in [0.25, 0.3) is 0 Å². The molecule has 1 aliphatic rings. The van der Waals surface area contributed by atoms with Crippen LogP contribution < -0.4 is 5.32 Å². The maximum atomic E-state index is 13.4. The van der Waals surface area contributed by atoms with Gasteiger partial charge >= 0.3 is 5.97 Å². The number of carboxylic acids is 1. The Morgan fingerprint density at radius 1 is 1.41 bits per heavy atom. The third-order valence-electron chi connectivity index (χ3n) is 2.63. The number of hydrogen-bond acceptors (Lipinski definition) is 2. The Morgan fingerprint density at radius 2 is 2.12 bits per heavy atom. The van der Waals surface area contributed by atoms with Crippen LogP contribution in [-0.4, -0.2) is 17.0 Å². The predicted molar refractivity (Wildman–Crippen MR) is 62.0 cm³/mol. The third-order valence-corrected chi connectivity index (χ3v) is 3.13. The SMILES string of the molecule is O=C(O)C1CC1C(=O)Nc1ccc(Br)cc1F. The summed E-state index contributed by atoms with van der Waals surface area (Å²) in [6.45, 7) is 0. The molecule has 1 aromatic carbocycles. The molecule has 1 fully saturated rings. The van der Waals surface area contributed by atoms with E-state index in [0.717, 1.165) is 0 Å². The Labute approximate surface area is 105 Å². The molecule has 0 radical (unpaired) electrons. The topological polar surface area (TPSA) is 66.4 Å². The molecule has 90 valence electrons.